The summed E-state index contributed by atoms with van der Waals surface area (Å²) >= 11 is 0. The molecule has 1 aromatic carbocycles. The Morgan fingerprint density at radius 2 is 2.04 bits per heavy atom. The number of aromatic nitrogens is 1. The molecule has 2 aromatic rings. The summed E-state index contributed by atoms with van der Waals surface area (Å²) in [6.45, 7) is 5.11. The predicted octanol–water partition coefficient (Wildman–Crippen LogP) is 3.03. The lowest BCUT2D eigenvalue weighted by Crippen LogP contribution is -2.40. The second-order valence-corrected chi connectivity index (χ2v) is 7.51. The summed E-state index contributed by atoms with van der Waals surface area (Å²) in [5.41, 5.74) is 1.21. The van der Waals surface area contributed by atoms with Crippen LogP contribution in [0.15, 0.2) is 48.7 Å². The van der Waals surface area contributed by atoms with Crippen LogP contribution in [0.2, 0.25) is 0 Å². The second-order valence-electron chi connectivity index (χ2n) is 7.51. The SMILES string of the molecule is CC(C)(O)C#Cc1cccc(C(=O)N2CCC(OCc3ccccn3)CC2)c1. The maximum Gasteiger partial charge on any atom is 0.253 e. The van der Waals surface area contributed by atoms with Gasteiger partial charge < -0.3 is 14.7 Å². The minimum absolute atomic E-state index is 0.00934. The lowest BCUT2D eigenvalue weighted by atomic mass is 10.0. The number of nitrogens with zero attached hydrogens (tertiary/aromatic N) is 2. The maximum atomic E-state index is 12.8. The number of carbonyl (C=O) groups is 1. The number of pyridine rings is 1. The molecule has 0 spiro atoms. The van der Waals surface area contributed by atoms with Gasteiger partial charge in [0.25, 0.3) is 5.91 Å². The van der Waals surface area contributed by atoms with E-state index in [9.17, 15) is 9.90 Å². The Hall–Kier alpha value is -2.68. The number of likely N-dealkylation sites (tertiary alicyclic amines) is 1. The van der Waals surface area contributed by atoms with Crippen LogP contribution in [-0.2, 0) is 11.3 Å². The van der Waals surface area contributed by atoms with Gasteiger partial charge in [-0.2, -0.15) is 0 Å². The first-order valence-corrected chi connectivity index (χ1v) is 9.57. The molecule has 5 heteroatoms. The Bertz CT molecular complexity index is 855. The molecule has 1 aromatic heterocycles. The summed E-state index contributed by atoms with van der Waals surface area (Å²) in [7, 11) is 0. The molecule has 1 aliphatic rings. The molecule has 3 rings (SSSR count). The molecule has 0 bridgehead atoms. The van der Waals surface area contributed by atoms with Crippen molar-refractivity contribution in [1.29, 1.82) is 0 Å². The normalized spacial score (nSPS) is 15.0. The van der Waals surface area contributed by atoms with Crippen LogP contribution in [0.3, 0.4) is 0 Å². The van der Waals surface area contributed by atoms with Gasteiger partial charge in [0.1, 0.15) is 5.60 Å². The number of hydrogen-bond donors (Lipinski definition) is 1. The number of piperidine rings is 1. The van der Waals surface area contributed by atoms with E-state index in [-0.39, 0.29) is 12.0 Å². The minimum atomic E-state index is -1.06. The highest BCUT2D eigenvalue weighted by molar-refractivity contribution is 5.94. The van der Waals surface area contributed by atoms with E-state index in [4.69, 9.17) is 4.74 Å². The van der Waals surface area contributed by atoms with E-state index in [0.717, 1.165) is 24.1 Å². The number of aliphatic hydroxyl groups is 1. The number of amides is 1. The van der Waals surface area contributed by atoms with Crippen molar-refractivity contribution in [3.8, 4) is 11.8 Å². The third-order valence-electron chi connectivity index (χ3n) is 4.54. The topological polar surface area (TPSA) is 62.7 Å². The van der Waals surface area contributed by atoms with Gasteiger partial charge in [-0.25, -0.2) is 0 Å². The van der Waals surface area contributed by atoms with E-state index in [1.807, 2.05) is 35.2 Å². The highest BCUT2D eigenvalue weighted by atomic mass is 16.5. The fourth-order valence-corrected chi connectivity index (χ4v) is 3.05. The monoisotopic (exact) mass is 378 g/mol. The van der Waals surface area contributed by atoms with Crippen molar-refractivity contribution in [3.63, 3.8) is 0 Å². The number of hydrogen-bond acceptors (Lipinski definition) is 4. The predicted molar refractivity (Wildman–Crippen MR) is 108 cm³/mol. The molecule has 0 radical (unpaired) electrons. The quantitative estimate of drug-likeness (QED) is 0.831. The summed E-state index contributed by atoms with van der Waals surface area (Å²) in [5, 5.41) is 9.74. The van der Waals surface area contributed by atoms with E-state index in [2.05, 4.69) is 16.8 Å². The van der Waals surface area contributed by atoms with Gasteiger partial charge in [-0.15, -0.1) is 0 Å². The van der Waals surface area contributed by atoms with Gasteiger partial charge in [-0.3, -0.25) is 9.78 Å². The maximum absolute atomic E-state index is 12.8. The van der Waals surface area contributed by atoms with Crippen molar-refractivity contribution < 1.29 is 14.6 Å². The van der Waals surface area contributed by atoms with Crippen molar-refractivity contribution in [3.05, 3.63) is 65.5 Å². The van der Waals surface area contributed by atoms with Crippen molar-refractivity contribution in [2.24, 2.45) is 0 Å². The van der Waals surface area contributed by atoms with Crippen LogP contribution >= 0.6 is 0 Å². The molecule has 0 saturated carbocycles. The second kappa shape index (κ2) is 9.01. The summed E-state index contributed by atoms with van der Waals surface area (Å²) < 4.78 is 5.94. The van der Waals surface area contributed by atoms with Crippen molar-refractivity contribution in [1.82, 2.24) is 9.88 Å². The van der Waals surface area contributed by atoms with Crippen LogP contribution in [0.4, 0.5) is 0 Å². The molecule has 2 heterocycles. The lowest BCUT2D eigenvalue weighted by Gasteiger charge is -2.32. The van der Waals surface area contributed by atoms with E-state index in [0.29, 0.717) is 25.3 Å². The van der Waals surface area contributed by atoms with Crippen molar-refractivity contribution in [2.75, 3.05) is 13.1 Å². The largest absolute Gasteiger partial charge is 0.378 e. The van der Waals surface area contributed by atoms with Gasteiger partial charge in [0.15, 0.2) is 0 Å². The van der Waals surface area contributed by atoms with Gasteiger partial charge in [-0.1, -0.05) is 24.0 Å². The van der Waals surface area contributed by atoms with Crippen LogP contribution in [0.5, 0.6) is 0 Å². The van der Waals surface area contributed by atoms with Gasteiger partial charge in [-0.05, 0) is 57.0 Å². The third kappa shape index (κ3) is 5.91. The first-order chi connectivity index (χ1) is 13.4. The molecule has 1 fully saturated rings. The number of rotatable bonds is 4. The molecule has 1 saturated heterocycles. The molecule has 5 nitrogen and oxygen atoms in total. The van der Waals surface area contributed by atoms with Crippen LogP contribution < -0.4 is 0 Å². The average Bonchev–Trinajstić information content (AvgIpc) is 2.71. The highest BCUT2D eigenvalue weighted by Crippen LogP contribution is 2.18. The molecule has 146 valence electrons. The summed E-state index contributed by atoms with van der Waals surface area (Å²) in [4.78, 5) is 18.9. The molecule has 28 heavy (non-hydrogen) atoms. The highest BCUT2D eigenvalue weighted by Gasteiger charge is 2.24. The fourth-order valence-electron chi connectivity index (χ4n) is 3.05. The van der Waals surface area contributed by atoms with Gasteiger partial charge in [0.05, 0.1) is 18.4 Å². The smallest absolute Gasteiger partial charge is 0.253 e. The molecular formula is C23H26N2O3. The molecule has 1 amide bonds. The summed E-state index contributed by atoms with van der Waals surface area (Å²) in [6.07, 6.45) is 3.54. The van der Waals surface area contributed by atoms with Crippen LogP contribution in [0.1, 0.15) is 48.3 Å². The van der Waals surface area contributed by atoms with E-state index in [1.165, 1.54) is 0 Å². The van der Waals surface area contributed by atoms with Gasteiger partial charge in [0, 0.05) is 30.4 Å². The van der Waals surface area contributed by atoms with Gasteiger partial charge >= 0.3 is 0 Å². The molecule has 0 atom stereocenters. The number of benzene rings is 1. The van der Waals surface area contributed by atoms with Gasteiger partial charge in [0.2, 0.25) is 0 Å². The minimum Gasteiger partial charge on any atom is -0.378 e. The Balaban J connectivity index is 1.54. The van der Waals surface area contributed by atoms with Crippen molar-refractivity contribution >= 4 is 5.91 Å². The molecule has 0 aliphatic carbocycles. The van der Waals surface area contributed by atoms with Crippen LogP contribution in [0, 0.1) is 11.8 Å². The van der Waals surface area contributed by atoms with E-state index in [1.54, 1.807) is 32.2 Å². The first-order valence-electron chi connectivity index (χ1n) is 9.57. The Labute approximate surface area is 166 Å². The third-order valence-corrected chi connectivity index (χ3v) is 4.54. The van der Waals surface area contributed by atoms with E-state index >= 15 is 0 Å². The summed E-state index contributed by atoms with van der Waals surface area (Å²) in [6, 6.07) is 13.0. The van der Waals surface area contributed by atoms with Crippen LogP contribution in [0.25, 0.3) is 0 Å². The molecule has 0 unspecified atom stereocenters. The first kappa shape index (κ1) is 20.1. The van der Waals surface area contributed by atoms with E-state index < -0.39 is 5.60 Å². The zero-order valence-corrected chi connectivity index (χ0v) is 16.4. The Morgan fingerprint density at radius 1 is 1.25 bits per heavy atom. The lowest BCUT2D eigenvalue weighted by molar-refractivity contribution is -0.00161. The molecule has 1 aliphatic heterocycles. The zero-order valence-electron chi connectivity index (χ0n) is 16.4. The van der Waals surface area contributed by atoms with Crippen LogP contribution in [-0.4, -0.2) is 45.7 Å². The number of carbonyl (C=O) groups excluding carboxylic acids is 1. The molecular weight excluding hydrogens is 352 g/mol. The number of ether oxygens (including phenoxy) is 1. The standard InChI is InChI=1S/C23H26N2O3/c1-23(2,27)12-9-18-6-5-7-19(16-18)22(26)25-14-10-21(11-15-25)28-17-20-8-3-4-13-24-20/h3-8,13,16,21,27H,10-11,14-15,17H2,1-2H3. The molecule has 1 N–H and O–H groups in total. The fraction of sp³-hybridized carbons (Fsp3) is 0.391. The zero-order chi connectivity index (χ0) is 20.0. The summed E-state index contributed by atoms with van der Waals surface area (Å²) in [5.74, 6) is 5.71. The Kier molecular flexibility index (Phi) is 6.45. The Morgan fingerprint density at radius 3 is 2.71 bits per heavy atom. The van der Waals surface area contributed by atoms with Crippen molar-refractivity contribution in [2.45, 2.75) is 45.0 Å². The average molecular weight is 378 g/mol.